The second-order valence-electron chi connectivity index (χ2n) is 4.40. The molecule has 2 aromatic carbocycles. The first-order valence-electron chi connectivity index (χ1n) is 6.09. The Bertz CT molecular complexity index is 787. The van der Waals surface area contributed by atoms with Crippen molar-refractivity contribution in [3.05, 3.63) is 59.8 Å². The quantitative estimate of drug-likeness (QED) is 0.766. The van der Waals surface area contributed by atoms with Crippen molar-refractivity contribution in [1.29, 1.82) is 0 Å². The summed E-state index contributed by atoms with van der Waals surface area (Å²) < 4.78 is 26.1. The number of hydrogen-bond donors (Lipinski definition) is 1. The smallest absolute Gasteiger partial charge is 0.160 e. The molecule has 0 bridgehead atoms. The third-order valence-corrected chi connectivity index (χ3v) is 2.93. The largest absolute Gasteiger partial charge is 0.339 e. The zero-order valence-electron chi connectivity index (χ0n) is 10.7. The minimum atomic E-state index is -0.901. The molecule has 100 valence electrons. The maximum absolute atomic E-state index is 13.2. The van der Waals surface area contributed by atoms with Crippen LogP contribution >= 0.6 is 0 Å². The van der Waals surface area contributed by atoms with Crippen LogP contribution in [0.5, 0.6) is 0 Å². The number of nitrogens with zero attached hydrogens (tertiary/aromatic N) is 2. The summed E-state index contributed by atoms with van der Waals surface area (Å²) in [5, 5.41) is 2.95. The van der Waals surface area contributed by atoms with E-state index in [0.29, 0.717) is 17.2 Å². The molecule has 0 radical (unpaired) electrons. The van der Waals surface area contributed by atoms with Crippen LogP contribution < -0.4 is 5.32 Å². The fraction of sp³-hybridized carbons (Fsp3) is 0.0667. The van der Waals surface area contributed by atoms with Crippen LogP contribution in [0.15, 0.2) is 42.5 Å². The monoisotopic (exact) mass is 271 g/mol. The molecule has 0 saturated heterocycles. The average Bonchev–Trinajstić information content (AvgIpc) is 2.44. The van der Waals surface area contributed by atoms with Crippen LogP contribution in [0.2, 0.25) is 0 Å². The minimum absolute atomic E-state index is 0.427. The average molecular weight is 271 g/mol. The number of aryl methyl sites for hydroxylation is 1. The number of nitrogens with one attached hydrogen (secondary N) is 1. The maximum atomic E-state index is 13.2. The van der Waals surface area contributed by atoms with Crippen LogP contribution in [0.4, 0.5) is 20.3 Å². The number of hydrogen-bond acceptors (Lipinski definition) is 3. The van der Waals surface area contributed by atoms with Gasteiger partial charge in [-0.25, -0.2) is 18.7 Å². The van der Waals surface area contributed by atoms with Crippen LogP contribution in [0.1, 0.15) is 5.69 Å². The van der Waals surface area contributed by atoms with E-state index < -0.39 is 11.6 Å². The molecule has 3 nitrogen and oxygen atoms in total. The highest BCUT2D eigenvalue weighted by atomic mass is 19.2. The lowest BCUT2D eigenvalue weighted by atomic mass is 10.2. The van der Waals surface area contributed by atoms with E-state index in [2.05, 4.69) is 15.3 Å². The lowest BCUT2D eigenvalue weighted by molar-refractivity contribution is 0.509. The Morgan fingerprint density at radius 3 is 2.30 bits per heavy atom. The van der Waals surface area contributed by atoms with Gasteiger partial charge in [0.05, 0.1) is 16.7 Å². The number of rotatable bonds is 2. The zero-order chi connectivity index (χ0) is 14.1. The van der Waals surface area contributed by atoms with Crippen LogP contribution in [-0.2, 0) is 0 Å². The predicted octanol–water partition coefficient (Wildman–Crippen LogP) is 3.96. The van der Waals surface area contributed by atoms with Gasteiger partial charge in [-0.15, -0.1) is 0 Å². The molecule has 3 aromatic rings. The Balaban J connectivity index is 2.01. The molecular weight excluding hydrogens is 260 g/mol. The van der Waals surface area contributed by atoms with Gasteiger partial charge in [0, 0.05) is 11.8 Å². The van der Waals surface area contributed by atoms with E-state index in [-0.39, 0.29) is 0 Å². The van der Waals surface area contributed by atoms with Gasteiger partial charge in [-0.2, -0.15) is 0 Å². The van der Waals surface area contributed by atoms with E-state index >= 15 is 0 Å². The van der Waals surface area contributed by atoms with Gasteiger partial charge in [0.1, 0.15) is 0 Å². The van der Waals surface area contributed by atoms with Gasteiger partial charge in [-0.3, -0.25) is 0 Å². The third-order valence-electron chi connectivity index (χ3n) is 2.93. The van der Waals surface area contributed by atoms with E-state index in [0.717, 1.165) is 23.2 Å². The summed E-state index contributed by atoms with van der Waals surface area (Å²) in [5.41, 5.74) is 2.65. The van der Waals surface area contributed by atoms with E-state index in [9.17, 15) is 8.78 Å². The minimum Gasteiger partial charge on any atom is -0.339 e. The number of benzene rings is 2. The number of halogens is 2. The summed E-state index contributed by atoms with van der Waals surface area (Å²) in [4.78, 5) is 8.85. The van der Waals surface area contributed by atoms with E-state index in [1.165, 1.54) is 6.07 Å². The van der Waals surface area contributed by atoms with Crippen LogP contribution in [0.3, 0.4) is 0 Å². The highest BCUT2D eigenvalue weighted by Gasteiger charge is 2.07. The van der Waals surface area contributed by atoms with Gasteiger partial charge < -0.3 is 5.32 Å². The number of anilines is 2. The summed E-state index contributed by atoms with van der Waals surface area (Å²) in [5.74, 6) is -1.26. The molecule has 1 aromatic heterocycles. The van der Waals surface area contributed by atoms with Crippen molar-refractivity contribution in [3.8, 4) is 0 Å². The van der Waals surface area contributed by atoms with E-state index in [1.807, 2.05) is 31.2 Å². The standard InChI is InChI=1S/C15H11F2N3/c1-9-15(19-10-6-7-11(16)12(17)8-10)20-14-5-3-2-4-13(14)18-9/h2-8H,1H3,(H,19,20). The number of aromatic nitrogens is 2. The topological polar surface area (TPSA) is 37.8 Å². The Morgan fingerprint density at radius 2 is 1.60 bits per heavy atom. The van der Waals surface area contributed by atoms with Gasteiger partial charge in [0.15, 0.2) is 17.5 Å². The molecule has 1 heterocycles. The van der Waals surface area contributed by atoms with Crippen molar-refractivity contribution in [3.63, 3.8) is 0 Å². The Labute approximate surface area is 114 Å². The molecule has 5 heteroatoms. The van der Waals surface area contributed by atoms with Crippen molar-refractivity contribution < 1.29 is 8.78 Å². The maximum Gasteiger partial charge on any atom is 0.160 e. The molecule has 0 amide bonds. The lowest BCUT2D eigenvalue weighted by Gasteiger charge is -2.09. The number of para-hydroxylation sites is 2. The summed E-state index contributed by atoms with van der Waals surface area (Å²) >= 11 is 0. The highest BCUT2D eigenvalue weighted by molar-refractivity contribution is 5.77. The van der Waals surface area contributed by atoms with Crippen molar-refractivity contribution in [2.45, 2.75) is 6.92 Å². The SMILES string of the molecule is Cc1nc2ccccc2nc1Nc1ccc(F)c(F)c1. The molecule has 0 spiro atoms. The number of fused-ring (bicyclic) bond motifs is 1. The summed E-state index contributed by atoms with van der Waals surface area (Å²) in [7, 11) is 0. The summed E-state index contributed by atoms with van der Waals surface area (Å²) in [6.45, 7) is 1.81. The second kappa shape index (κ2) is 4.85. The van der Waals surface area contributed by atoms with Gasteiger partial charge in [-0.1, -0.05) is 12.1 Å². The van der Waals surface area contributed by atoms with Gasteiger partial charge in [0.25, 0.3) is 0 Å². The molecule has 20 heavy (non-hydrogen) atoms. The normalized spacial score (nSPS) is 10.8. The van der Waals surface area contributed by atoms with Gasteiger partial charge in [0.2, 0.25) is 0 Å². The van der Waals surface area contributed by atoms with Crippen molar-refractivity contribution in [1.82, 2.24) is 9.97 Å². The van der Waals surface area contributed by atoms with Gasteiger partial charge >= 0.3 is 0 Å². The van der Waals surface area contributed by atoms with Crippen LogP contribution in [0, 0.1) is 18.6 Å². The Hall–Kier alpha value is -2.56. The molecule has 0 aliphatic rings. The molecule has 0 aliphatic carbocycles. The fourth-order valence-corrected chi connectivity index (χ4v) is 1.92. The van der Waals surface area contributed by atoms with Crippen LogP contribution in [0.25, 0.3) is 11.0 Å². The first kappa shape index (κ1) is 12.5. The highest BCUT2D eigenvalue weighted by Crippen LogP contribution is 2.21. The molecule has 0 unspecified atom stereocenters. The third kappa shape index (κ3) is 2.30. The first-order chi connectivity index (χ1) is 9.63. The molecule has 3 rings (SSSR count). The molecule has 1 N–H and O–H groups in total. The molecule has 0 aliphatic heterocycles. The van der Waals surface area contributed by atoms with Crippen molar-refractivity contribution in [2.24, 2.45) is 0 Å². The van der Waals surface area contributed by atoms with Crippen LogP contribution in [-0.4, -0.2) is 9.97 Å². The first-order valence-corrected chi connectivity index (χ1v) is 6.09. The van der Waals surface area contributed by atoms with E-state index in [4.69, 9.17) is 0 Å². The molecule has 0 fully saturated rings. The summed E-state index contributed by atoms with van der Waals surface area (Å²) in [6, 6.07) is 11.1. The molecule has 0 atom stereocenters. The van der Waals surface area contributed by atoms with Gasteiger partial charge in [-0.05, 0) is 31.2 Å². The Kier molecular flexibility index (Phi) is 3.02. The van der Waals surface area contributed by atoms with Crippen molar-refractivity contribution >= 4 is 22.5 Å². The predicted molar refractivity (Wildman–Crippen MR) is 73.9 cm³/mol. The Morgan fingerprint density at radius 1 is 0.900 bits per heavy atom. The summed E-state index contributed by atoms with van der Waals surface area (Å²) in [6.07, 6.45) is 0. The van der Waals surface area contributed by atoms with Crippen molar-refractivity contribution in [2.75, 3.05) is 5.32 Å². The second-order valence-corrected chi connectivity index (χ2v) is 4.40. The molecule has 0 saturated carbocycles. The zero-order valence-corrected chi connectivity index (χ0v) is 10.7. The lowest BCUT2D eigenvalue weighted by Crippen LogP contribution is -2.00. The van der Waals surface area contributed by atoms with E-state index in [1.54, 1.807) is 0 Å². The molecular formula is C15H11F2N3. The fourth-order valence-electron chi connectivity index (χ4n) is 1.92.